The average molecular weight is 326 g/mol. The fourth-order valence-electron chi connectivity index (χ4n) is 1.45. The first-order chi connectivity index (χ1) is 7.25. The minimum atomic E-state index is 0. The van der Waals surface area contributed by atoms with E-state index in [2.05, 4.69) is 34.9 Å². The van der Waals surface area contributed by atoms with Crippen molar-refractivity contribution in [1.82, 2.24) is 4.57 Å². The summed E-state index contributed by atoms with van der Waals surface area (Å²) in [7, 11) is 4.06. The van der Waals surface area contributed by atoms with Crippen molar-refractivity contribution in [3.63, 3.8) is 0 Å². The van der Waals surface area contributed by atoms with E-state index in [1.54, 1.807) is 0 Å². The van der Waals surface area contributed by atoms with Gasteiger partial charge >= 0.3 is 0 Å². The number of pyridine rings is 1. The summed E-state index contributed by atoms with van der Waals surface area (Å²) in [5, 5.41) is 0. The van der Waals surface area contributed by atoms with E-state index < -0.39 is 0 Å². The second-order valence-corrected chi connectivity index (χ2v) is 3.67. The van der Waals surface area contributed by atoms with Crippen molar-refractivity contribution >= 4 is 12.2 Å². The van der Waals surface area contributed by atoms with E-state index in [1.165, 1.54) is 11.3 Å². The summed E-state index contributed by atoms with van der Waals surface area (Å²) in [6.45, 7) is 0. The minimum absolute atomic E-state index is 0. The van der Waals surface area contributed by atoms with E-state index in [9.17, 15) is 0 Å². The van der Waals surface area contributed by atoms with E-state index in [0.29, 0.717) is 0 Å². The lowest BCUT2D eigenvalue weighted by Crippen LogP contribution is -3.00. The van der Waals surface area contributed by atoms with Crippen molar-refractivity contribution in [1.29, 1.82) is 0 Å². The molecule has 0 atom stereocenters. The number of nitrogens with zero attached hydrogens (tertiary/aromatic N) is 2. The molecule has 16 heavy (non-hydrogen) atoms. The molecular weight excluding hydrogens is 311 g/mol. The molecule has 0 amide bonds. The molecule has 84 valence electrons. The zero-order valence-electron chi connectivity index (χ0n) is 9.47. The molecule has 2 aromatic heterocycles. The van der Waals surface area contributed by atoms with E-state index in [-0.39, 0.29) is 24.0 Å². The number of hydrogen-bond acceptors (Lipinski definition) is 0. The van der Waals surface area contributed by atoms with Crippen LogP contribution in [0.4, 0.5) is 0 Å². The molecule has 0 aliphatic heterocycles. The van der Waals surface area contributed by atoms with Crippen molar-refractivity contribution in [3.05, 3.63) is 54.1 Å². The second kappa shape index (κ2) is 5.84. The van der Waals surface area contributed by atoms with Gasteiger partial charge in [0.15, 0.2) is 12.4 Å². The highest BCUT2D eigenvalue weighted by atomic mass is 127. The van der Waals surface area contributed by atoms with Gasteiger partial charge in [0.2, 0.25) is 0 Å². The van der Waals surface area contributed by atoms with Crippen LogP contribution < -0.4 is 28.5 Å². The summed E-state index contributed by atoms with van der Waals surface area (Å²) >= 11 is 0. The maximum atomic E-state index is 2.12. The third-order valence-electron chi connectivity index (χ3n) is 2.43. The molecule has 0 bridgehead atoms. The molecule has 0 aliphatic rings. The van der Waals surface area contributed by atoms with E-state index >= 15 is 0 Å². The summed E-state index contributed by atoms with van der Waals surface area (Å²) in [6.07, 6.45) is 10.4. The molecule has 2 aromatic rings. The van der Waals surface area contributed by atoms with Crippen LogP contribution >= 0.6 is 0 Å². The van der Waals surface area contributed by atoms with Crippen molar-refractivity contribution in [3.8, 4) is 0 Å². The van der Waals surface area contributed by atoms with Gasteiger partial charge in [-0.05, 0) is 23.8 Å². The molecular formula is C13H15IN2. The van der Waals surface area contributed by atoms with Crippen LogP contribution in [0.3, 0.4) is 0 Å². The Morgan fingerprint density at radius 1 is 1.12 bits per heavy atom. The first-order valence-corrected chi connectivity index (χ1v) is 5.00. The van der Waals surface area contributed by atoms with Gasteiger partial charge in [0, 0.05) is 31.1 Å². The first kappa shape index (κ1) is 13.0. The molecule has 0 radical (unpaired) electrons. The lowest BCUT2D eigenvalue weighted by Gasteiger charge is -1.95. The van der Waals surface area contributed by atoms with Crippen LogP contribution in [0.25, 0.3) is 12.2 Å². The summed E-state index contributed by atoms with van der Waals surface area (Å²) in [5.41, 5.74) is 2.43. The second-order valence-electron chi connectivity index (χ2n) is 3.67. The Kier molecular flexibility index (Phi) is 4.73. The molecule has 0 saturated carbocycles. The van der Waals surface area contributed by atoms with Crippen molar-refractivity contribution in [2.45, 2.75) is 0 Å². The molecule has 0 saturated heterocycles. The predicted octanol–water partition coefficient (Wildman–Crippen LogP) is -0.976. The Balaban J connectivity index is 0.00000128. The third-order valence-corrected chi connectivity index (χ3v) is 2.43. The van der Waals surface area contributed by atoms with E-state index in [0.717, 1.165) is 0 Å². The Hall–Kier alpha value is -1.10. The number of hydrogen-bond donors (Lipinski definition) is 0. The molecule has 2 rings (SSSR count). The lowest BCUT2D eigenvalue weighted by atomic mass is 10.2. The van der Waals surface area contributed by atoms with Crippen LogP contribution in [0.15, 0.2) is 42.9 Å². The van der Waals surface area contributed by atoms with Gasteiger partial charge in [-0.15, -0.1) is 0 Å². The maximum absolute atomic E-state index is 2.12. The highest BCUT2D eigenvalue weighted by Gasteiger charge is 1.93. The molecule has 2 nitrogen and oxygen atoms in total. The molecule has 0 spiro atoms. The number of aromatic nitrogens is 2. The fourth-order valence-corrected chi connectivity index (χ4v) is 1.45. The zero-order valence-corrected chi connectivity index (χ0v) is 11.6. The summed E-state index contributed by atoms with van der Waals surface area (Å²) in [5.74, 6) is 0. The van der Waals surface area contributed by atoms with Crippen LogP contribution in [0.5, 0.6) is 0 Å². The smallest absolute Gasteiger partial charge is 0.169 e. The van der Waals surface area contributed by atoms with Gasteiger partial charge in [-0.2, -0.15) is 0 Å². The normalized spacial score (nSPS) is 10.4. The van der Waals surface area contributed by atoms with Gasteiger partial charge in [0.1, 0.15) is 7.05 Å². The molecule has 0 aliphatic carbocycles. The first-order valence-electron chi connectivity index (χ1n) is 5.00. The quantitative estimate of drug-likeness (QED) is 0.496. The SMILES string of the molecule is Cn1cccc1C=Cc1cc[n+](C)cc1.[I-]. The largest absolute Gasteiger partial charge is 1.00 e. The van der Waals surface area contributed by atoms with Gasteiger partial charge in [-0.1, -0.05) is 6.08 Å². The van der Waals surface area contributed by atoms with Crippen LogP contribution in [0, 0.1) is 0 Å². The van der Waals surface area contributed by atoms with Crippen molar-refractivity contribution in [2.24, 2.45) is 14.1 Å². The highest BCUT2D eigenvalue weighted by Crippen LogP contribution is 2.06. The van der Waals surface area contributed by atoms with Crippen LogP contribution in [-0.4, -0.2) is 4.57 Å². The molecule has 0 N–H and O–H groups in total. The number of aryl methyl sites for hydroxylation is 2. The highest BCUT2D eigenvalue weighted by molar-refractivity contribution is 5.67. The minimum Gasteiger partial charge on any atom is -1.00 e. The van der Waals surface area contributed by atoms with Gasteiger partial charge < -0.3 is 28.5 Å². The molecule has 0 unspecified atom stereocenters. The average Bonchev–Trinajstić information content (AvgIpc) is 2.63. The Labute approximate surface area is 113 Å². The van der Waals surface area contributed by atoms with E-state index in [1.807, 2.05) is 43.3 Å². The fraction of sp³-hybridized carbons (Fsp3) is 0.154. The topological polar surface area (TPSA) is 8.81 Å². The molecule has 2 heterocycles. The molecule has 0 aromatic carbocycles. The lowest BCUT2D eigenvalue weighted by molar-refractivity contribution is -0.671. The van der Waals surface area contributed by atoms with Crippen LogP contribution in [-0.2, 0) is 14.1 Å². The zero-order chi connectivity index (χ0) is 10.7. The van der Waals surface area contributed by atoms with Gasteiger partial charge in [0.25, 0.3) is 0 Å². The third kappa shape index (κ3) is 3.20. The predicted molar refractivity (Wildman–Crippen MR) is 62.0 cm³/mol. The maximum Gasteiger partial charge on any atom is 0.169 e. The molecule has 0 fully saturated rings. The van der Waals surface area contributed by atoms with Gasteiger partial charge in [-0.3, -0.25) is 0 Å². The monoisotopic (exact) mass is 326 g/mol. The standard InChI is InChI=1S/C13H15N2.HI/c1-14-10-7-12(8-11-14)5-6-13-4-3-9-15(13)2;/h3-11H,1-2H3;1H/q+1;/p-1. The van der Waals surface area contributed by atoms with Gasteiger partial charge in [-0.25, -0.2) is 4.57 Å². The van der Waals surface area contributed by atoms with Crippen molar-refractivity contribution in [2.75, 3.05) is 0 Å². The summed E-state index contributed by atoms with van der Waals surface area (Å²) in [6, 6.07) is 8.34. The van der Waals surface area contributed by atoms with Crippen molar-refractivity contribution < 1.29 is 28.5 Å². The van der Waals surface area contributed by atoms with Crippen LogP contribution in [0.1, 0.15) is 11.3 Å². The number of rotatable bonds is 2. The Bertz CT molecular complexity index is 469. The Morgan fingerprint density at radius 3 is 2.38 bits per heavy atom. The summed E-state index contributed by atoms with van der Waals surface area (Å²) in [4.78, 5) is 0. The van der Waals surface area contributed by atoms with E-state index in [4.69, 9.17) is 0 Å². The van der Waals surface area contributed by atoms with Crippen LogP contribution in [0.2, 0.25) is 0 Å². The summed E-state index contributed by atoms with van der Waals surface area (Å²) < 4.78 is 4.12. The molecule has 3 heteroatoms. The Morgan fingerprint density at radius 2 is 1.81 bits per heavy atom. The number of halogens is 1. The van der Waals surface area contributed by atoms with Gasteiger partial charge in [0.05, 0.1) is 0 Å².